The number of aliphatic imine (C=N–C) groups is 1. The SMILES string of the molecule is CN=C(NCc1ccccc1OCC1CC1)NCc1ncnn1C. The number of ether oxygens (including phenoxy) is 1. The molecule has 1 saturated carbocycles. The van der Waals surface area contributed by atoms with Crippen LogP contribution in [0.15, 0.2) is 35.6 Å². The van der Waals surface area contributed by atoms with Crippen molar-refractivity contribution in [2.45, 2.75) is 25.9 Å². The number of rotatable bonds is 7. The zero-order valence-electron chi connectivity index (χ0n) is 14.2. The molecule has 0 saturated heterocycles. The molecular formula is C17H24N6O. The number of nitrogens with one attached hydrogen (secondary N) is 2. The van der Waals surface area contributed by atoms with Crippen molar-refractivity contribution in [3.63, 3.8) is 0 Å². The molecule has 0 atom stereocenters. The van der Waals surface area contributed by atoms with Crippen molar-refractivity contribution in [2.75, 3.05) is 13.7 Å². The predicted molar refractivity (Wildman–Crippen MR) is 92.7 cm³/mol. The van der Waals surface area contributed by atoms with Gasteiger partial charge in [0.25, 0.3) is 0 Å². The van der Waals surface area contributed by atoms with Crippen LogP contribution in [0.3, 0.4) is 0 Å². The van der Waals surface area contributed by atoms with Crippen LogP contribution in [-0.4, -0.2) is 34.4 Å². The van der Waals surface area contributed by atoms with Gasteiger partial charge >= 0.3 is 0 Å². The van der Waals surface area contributed by atoms with E-state index in [1.807, 2.05) is 25.2 Å². The molecule has 1 heterocycles. The fourth-order valence-corrected chi connectivity index (χ4v) is 2.33. The number of hydrogen-bond acceptors (Lipinski definition) is 4. The first kappa shape index (κ1) is 16.3. The monoisotopic (exact) mass is 328 g/mol. The third-order valence-corrected chi connectivity index (χ3v) is 4.03. The van der Waals surface area contributed by atoms with Crippen molar-refractivity contribution in [2.24, 2.45) is 18.0 Å². The van der Waals surface area contributed by atoms with Crippen LogP contribution >= 0.6 is 0 Å². The van der Waals surface area contributed by atoms with Crippen molar-refractivity contribution in [1.82, 2.24) is 25.4 Å². The Kier molecular flexibility index (Phi) is 5.30. The third kappa shape index (κ3) is 4.47. The van der Waals surface area contributed by atoms with Gasteiger partial charge in [-0.25, -0.2) is 4.98 Å². The van der Waals surface area contributed by atoms with Crippen LogP contribution in [0.5, 0.6) is 5.75 Å². The lowest BCUT2D eigenvalue weighted by Gasteiger charge is -2.14. The average Bonchev–Trinajstić information content (AvgIpc) is 3.35. The van der Waals surface area contributed by atoms with Gasteiger partial charge in [-0.05, 0) is 24.8 Å². The van der Waals surface area contributed by atoms with Crippen molar-refractivity contribution in [3.05, 3.63) is 42.0 Å². The minimum absolute atomic E-state index is 0.565. The van der Waals surface area contributed by atoms with Crippen LogP contribution in [-0.2, 0) is 20.1 Å². The summed E-state index contributed by atoms with van der Waals surface area (Å²) in [6.07, 6.45) is 4.12. The van der Waals surface area contributed by atoms with Crippen LogP contribution in [0.4, 0.5) is 0 Å². The Balaban J connectivity index is 1.52. The van der Waals surface area contributed by atoms with E-state index in [1.165, 1.54) is 12.8 Å². The van der Waals surface area contributed by atoms with Gasteiger partial charge in [0, 0.05) is 26.2 Å². The van der Waals surface area contributed by atoms with E-state index >= 15 is 0 Å². The van der Waals surface area contributed by atoms with E-state index in [0.29, 0.717) is 13.1 Å². The molecular weight excluding hydrogens is 304 g/mol. The van der Waals surface area contributed by atoms with E-state index in [1.54, 1.807) is 18.1 Å². The fourth-order valence-electron chi connectivity index (χ4n) is 2.33. The number of benzene rings is 1. The number of aromatic nitrogens is 3. The van der Waals surface area contributed by atoms with Crippen molar-refractivity contribution in [3.8, 4) is 5.75 Å². The predicted octanol–water partition coefficient (Wildman–Crippen LogP) is 1.47. The third-order valence-electron chi connectivity index (χ3n) is 4.03. The molecule has 2 aromatic rings. The Bertz CT molecular complexity index is 692. The fraction of sp³-hybridized carbons (Fsp3) is 0.471. The Morgan fingerprint density at radius 2 is 2.08 bits per heavy atom. The standard InChI is InChI=1S/C17H24N6O/c1-18-17(20-10-16-21-12-22-23(16)2)19-9-14-5-3-4-6-15(14)24-11-13-7-8-13/h3-6,12-13H,7-11H2,1-2H3,(H2,18,19,20). The number of hydrogen-bond donors (Lipinski definition) is 2. The first-order chi connectivity index (χ1) is 11.8. The van der Waals surface area contributed by atoms with Gasteiger partial charge in [0.2, 0.25) is 0 Å². The van der Waals surface area contributed by atoms with Crippen LogP contribution < -0.4 is 15.4 Å². The number of aryl methyl sites for hydroxylation is 1. The molecule has 0 amide bonds. The Hall–Kier alpha value is -2.57. The van der Waals surface area contributed by atoms with E-state index in [9.17, 15) is 0 Å². The second kappa shape index (κ2) is 7.81. The molecule has 24 heavy (non-hydrogen) atoms. The lowest BCUT2D eigenvalue weighted by molar-refractivity contribution is 0.296. The summed E-state index contributed by atoms with van der Waals surface area (Å²) in [4.78, 5) is 8.43. The Morgan fingerprint density at radius 3 is 2.79 bits per heavy atom. The first-order valence-electron chi connectivity index (χ1n) is 8.24. The molecule has 1 aliphatic carbocycles. The van der Waals surface area contributed by atoms with Crippen molar-refractivity contribution in [1.29, 1.82) is 0 Å². The molecule has 1 aromatic heterocycles. The van der Waals surface area contributed by atoms with E-state index in [2.05, 4.69) is 31.8 Å². The van der Waals surface area contributed by atoms with Gasteiger partial charge in [0.15, 0.2) is 5.96 Å². The first-order valence-corrected chi connectivity index (χ1v) is 8.24. The summed E-state index contributed by atoms with van der Waals surface area (Å²) in [5.74, 6) is 3.26. The summed E-state index contributed by atoms with van der Waals surface area (Å²) in [7, 11) is 3.62. The molecule has 0 radical (unpaired) electrons. The molecule has 3 rings (SSSR count). The summed E-state index contributed by atoms with van der Waals surface area (Å²) in [5, 5.41) is 10.6. The smallest absolute Gasteiger partial charge is 0.191 e. The lowest BCUT2D eigenvalue weighted by atomic mass is 10.2. The van der Waals surface area contributed by atoms with Gasteiger partial charge in [-0.2, -0.15) is 5.10 Å². The quantitative estimate of drug-likeness (QED) is 0.594. The average molecular weight is 328 g/mol. The van der Waals surface area contributed by atoms with Crippen LogP contribution in [0, 0.1) is 5.92 Å². The largest absolute Gasteiger partial charge is 0.493 e. The summed E-state index contributed by atoms with van der Waals surface area (Å²) in [6, 6.07) is 8.13. The summed E-state index contributed by atoms with van der Waals surface area (Å²) >= 11 is 0. The molecule has 1 fully saturated rings. The van der Waals surface area contributed by atoms with E-state index in [0.717, 1.165) is 35.6 Å². The summed E-state index contributed by atoms with van der Waals surface area (Å²) in [6.45, 7) is 2.03. The Labute approximate surface area is 142 Å². The van der Waals surface area contributed by atoms with Crippen LogP contribution in [0.25, 0.3) is 0 Å². The lowest BCUT2D eigenvalue weighted by Crippen LogP contribution is -2.37. The summed E-state index contributed by atoms with van der Waals surface area (Å²) in [5.41, 5.74) is 1.12. The summed E-state index contributed by atoms with van der Waals surface area (Å²) < 4.78 is 7.68. The van der Waals surface area contributed by atoms with Gasteiger partial charge < -0.3 is 15.4 Å². The highest BCUT2D eigenvalue weighted by Gasteiger charge is 2.22. The normalized spacial score (nSPS) is 14.5. The second-order valence-electron chi connectivity index (χ2n) is 5.94. The van der Waals surface area contributed by atoms with E-state index in [-0.39, 0.29) is 0 Å². The van der Waals surface area contributed by atoms with Gasteiger partial charge in [-0.3, -0.25) is 9.67 Å². The molecule has 128 valence electrons. The van der Waals surface area contributed by atoms with Crippen LogP contribution in [0.2, 0.25) is 0 Å². The van der Waals surface area contributed by atoms with Gasteiger partial charge in [0.05, 0.1) is 13.2 Å². The number of guanidine groups is 1. The second-order valence-corrected chi connectivity index (χ2v) is 5.94. The topological polar surface area (TPSA) is 76.4 Å². The maximum atomic E-state index is 5.94. The minimum atomic E-state index is 0.565. The van der Waals surface area contributed by atoms with Gasteiger partial charge in [-0.1, -0.05) is 18.2 Å². The maximum Gasteiger partial charge on any atom is 0.191 e. The molecule has 0 bridgehead atoms. The molecule has 7 heteroatoms. The maximum absolute atomic E-state index is 5.94. The number of para-hydroxylation sites is 1. The molecule has 1 aliphatic rings. The molecule has 0 spiro atoms. The van der Waals surface area contributed by atoms with Gasteiger partial charge in [0.1, 0.15) is 17.9 Å². The van der Waals surface area contributed by atoms with Crippen molar-refractivity contribution >= 4 is 5.96 Å². The molecule has 0 aliphatic heterocycles. The highest BCUT2D eigenvalue weighted by Crippen LogP contribution is 2.30. The molecule has 2 N–H and O–H groups in total. The minimum Gasteiger partial charge on any atom is -0.493 e. The van der Waals surface area contributed by atoms with Gasteiger partial charge in [-0.15, -0.1) is 0 Å². The highest BCUT2D eigenvalue weighted by molar-refractivity contribution is 5.79. The Morgan fingerprint density at radius 1 is 1.29 bits per heavy atom. The van der Waals surface area contributed by atoms with E-state index < -0.39 is 0 Å². The number of nitrogens with zero attached hydrogens (tertiary/aromatic N) is 4. The van der Waals surface area contributed by atoms with Crippen LogP contribution in [0.1, 0.15) is 24.2 Å². The molecule has 1 aromatic carbocycles. The molecule has 7 nitrogen and oxygen atoms in total. The zero-order valence-corrected chi connectivity index (χ0v) is 14.2. The molecule has 0 unspecified atom stereocenters. The zero-order chi connectivity index (χ0) is 16.8. The highest BCUT2D eigenvalue weighted by atomic mass is 16.5. The van der Waals surface area contributed by atoms with E-state index in [4.69, 9.17) is 4.74 Å². The van der Waals surface area contributed by atoms with Crippen molar-refractivity contribution < 1.29 is 4.74 Å².